The van der Waals surface area contributed by atoms with Crippen LogP contribution in [0.2, 0.25) is 5.02 Å². The predicted molar refractivity (Wildman–Crippen MR) is 127 cm³/mol. The number of carboxylic acid groups (broad SMARTS) is 1. The predicted octanol–water partition coefficient (Wildman–Crippen LogP) is 6.68. The van der Waals surface area contributed by atoms with Crippen molar-refractivity contribution in [1.82, 2.24) is 10.2 Å². The summed E-state index contributed by atoms with van der Waals surface area (Å²) in [5, 5.41) is 17.8. The molecule has 0 atom stereocenters. The zero-order valence-electron chi connectivity index (χ0n) is 17.0. The van der Waals surface area contributed by atoms with Gasteiger partial charge in [0.2, 0.25) is 0 Å². The van der Waals surface area contributed by atoms with Gasteiger partial charge in [0, 0.05) is 16.5 Å². The van der Waals surface area contributed by atoms with Gasteiger partial charge in [-0.15, -0.1) is 0 Å². The summed E-state index contributed by atoms with van der Waals surface area (Å²) in [5.74, 6) is -0.965. The highest BCUT2D eigenvalue weighted by Crippen LogP contribution is 2.36. The quantitative estimate of drug-likeness (QED) is 0.266. The van der Waals surface area contributed by atoms with E-state index in [4.69, 9.17) is 16.7 Å². The lowest BCUT2D eigenvalue weighted by Gasteiger charge is -2.17. The Balaban J connectivity index is 1.91. The average Bonchev–Trinajstić information content (AvgIpc) is 3.24. The fraction of sp³-hybridized carbons (Fsp3) is 0.0769. The molecule has 154 valence electrons. The number of benzene rings is 3. The largest absolute Gasteiger partial charge is 0.478 e. The average molecular weight is 429 g/mol. The number of carboxylic acids is 1. The maximum atomic E-state index is 10.8. The molecule has 0 spiro atoms. The summed E-state index contributed by atoms with van der Waals surface area (Å²) in [4.78, 5) is 10.8. The zero-order chi connectivity index (χ0) is 21.8. The molecule has 0 amide bonds. The van der Waals surface area contributed by atoms with Gasteiger partial charge in [-0.1, -0.05) is 61.0 Å². The number of nitrogens with one attached hydrogen (secondary N) is 1. The third-order valence-corrected chi connectivity index (χ3v) is 5.41. The zero-order valence-corrected chi connectivity index (χ0v) is 17.7. The van der Waals surface area contributed by atoms with E-state index in [1.54, 1.807) is 6.08 Å². The number of halogens is 1. The van der Waals surface area contributed by atoms with Gasteiger partial charge in [-0.3, -0.25) is 5.10 Å². The number of hydrogen-bond donors (Lipinski definition) is 2. The maximum Gasteiger partial charge on any atom is 0.328 e. The molecular formula is C26H21ClN2O2. The molecule has 0 aliphatic carbocycles. The van der Waals surface area contributed by atoms with Crippen LogP contribution >= 0.6 is 11.6 Å². The van der Waals surface area contributed by atoms with E-state index in [1.165, 1.54) is 5.57 Å². The van der Waals surface area contributed by atoms with Crippen molar-refractivity contribution in [3.05, 3.63) is 106 Å². The molecule has 0 fully saturated rings. The van der Waals surface area contributed by atoms with Gasteiger partial charge < -0.3 is 5.11 Å². The molecule has 0 unspecified atom stereocenters. The molecular weight excluding hydrogens is 408 g/mol. The Hall–Kier alpha value is -3.63. The first-order valence-corrected chi connectivity index (χ1v) is 10.4. The maximum absolute atomic E-state index is 10.8. The van der Waals surface area contributed by atoms with E-state index in [1.807, 2.05) is 54.7 Å². The first-order valence-electron chi connectivity index (χ1n) is 9.99. The highest BCUT2D eigenvalue weighted by molar-refractivity contribution is 6.30. The molecule has 5 heteroatoms. The molecule has 1 aromatic heterocycles. The number of rotatable bonds is 6. The van der Waals surface area contributed by atoms with Crippen molar-refractivity contribution in [1.29, 1.82) is 0 Å². The Morgan fingerprint density at radius 2 is 1.81 bits per heavy atom. The molecule has 0 radical (unpaired) electrons. The summed E-state index contributed by atoms with van der Waals surface area (Å²) in [7, 11) is 0. The lowest BCUT2D eigenvalue weighted by Crippen LogP contribution is -1.95. The Morgan fingerprint density at radius 3 is 2.52 bits per heavy atom. The van der Waals surface area contributed by atoms with Crippen LogP contribution in [0.4, 0.5) is 0 Å². The third-order valence-electron chi connectivity index (χ3n) is 5.18. The van der Waals surface area contributed by atoms with E-state index in [-0.39, 0.29) is 0 Å². The number of hydrogen-bond acceptors (Lipinski definition) is 2. The van der Waals surface area contributed by atoms with Crippen LogP contribution in [-0.4, -0.2) is 21.3 Å². The second kappa shape index (κ2) is 9.02. The van der Waals surface area contributed by atoms with Gasteiger partial charge in [-0.05, 0) is 70.2 Å². The van der Waals surface area contributed by atoms with Gasteiger partial charge in [0.1, 0.15) is 0 Å². The van der Waals surface area contributed by atoms with Gasteiger partial charge in [0.15, 0.2) is 0 Å². The third kappa shape index (κ3) is 4.60. The standard InChI is InChI=1S/C26H21ClN2O2/c1-2-23(19-4-3-5-22(27)15-19)26(20-11-12-24-21(14-20)16-28-29-24)18-9-6-17(7-10-18)8-13-25(30)31/h3-16H,2H2,1H3,(H,28,29)(H,30,31)/b13-8+,26-23-. The highest BCUT2D eigenvalue weighted by Gasteiger charge is 2.14. The van der Waals surface area contributed by atoms with Crippen LogP contribution in [0.5, 0.6) is 0 Å². The first kappa shape index (κ1) is 20.6. The van der Waals surface area contributed by atoms with E-state index in [9.17, 15) is 4.79 Å². The van der Waals surface area contributed by atoms with Crippen LogP contribution in [0.1, 0.15) is 35.6 Å². The van der Waals surface area contributed by atoms with E-state index < -0.39 is 5.97 Å². The lowest BCUT2D eigenvalue weighted by molar-refractivity contribution is -0.131. The first-order chi connectivity index (χ1) is 15.0. The van der Waals surface area contributed by atoms with Crippen LogP contribution in [0.25, 0.3) is 28.1 Å². The summed E-state index contributed by atoms with van der Waals surface area (Å²) >= 11 is 6.30. The Morgan fingerprint density at radius 1 is 1.03 bits per heavy atom. The molecule has 4 rings (SSSR count). The Kier molecular flexibility index (Phi) is 6.01. The minimum Gasteiger partial charge on any atom is -0.478 e. The van der Waals surface area contributed by atoms with Crippen LogP contribution in [0, 0.1) is 0 Å². The number of carbonyl (C=O) groups is 1. The molecule has 0 aliphatic heterocycles. The fourth-order valence-corrected chi connectivity index (χ4v) is 3.93. The topological polar surface area (TPSA) is 66.0 Å². The second-order valence-electron chi connectivity index (χ2n) is 7.18. The van der Waals surface area contributed by atoms with E-state index >= 15 is 0 Å². The van der Waals surface area contributed by atoms with Crippen LogP contribution in [0.15, 0.2) is 79.0 Å². The van der Waals surface area contributed by atoms with E-state index in [0.717, 1.165) is 51.2 Å². The highest BCUT2D eigenvalue weighted by atomic mass is 35.5. The molecule has 1 heterocycles. The SMILES string of the molecule is CC/C(=C(\c1ccc(/C=C/C(=O)O)cc1)c1ccc2[nH]ncc2c1)c1cccc(Cl)c1. The van der Waals surface area contributed by atoms with Gasteiger partial charge in [0.25, 0.3) is 0 Å². The van der Waals surface area contributed by atoms with Crippen molar-refractivity contribution in [2.45, 2.75) is 13.3 Å². The molecule has 4 aromatic rings. The van der Waals surface area contributed by atoms with Crippen molar-refractivity contribution >= 4 is 45.7 Å². The Bertz CT molecular complexity index is 1300. The number of fused-ring (bicyclic) bond motifs is 1. The number of allylic oxidation sites excluding steroid dienone is 1. The normalized spacial score (nSPS) is 12.3. The molecule has 2 N–H and O–H groups in total. The van der Waals surface area contributed by atoms with Gasteiger partial charge in [0.05, 0.1) is 11.7 Å². The van der Waals surface area contributed by atoms with E-state index in [2.05, 4.69) is 35.3 Å². The molecule has 0 aliphatic rings. The van der Waals surface area contributed by atoms with Gasteiger partial charge in [-0.25, -0.2) is 4.79 Å². The molecule has 0 saturated heterocycles. The number of nitrogens with zero attached hydrogens (tertiary/aromatic N) is 1. The number of aromatic nitrogens is 2. The Labute approximate surface area is 185 Å². The van der Waals surface area contributed by atoms with Crippen LogP contribution in [-0.2, 0) is 4.79 Å². The van der Waals surface area contributed by atoms with Gasteiger partial charge in [-0.2, -0.15) is 5.10 Å². The second-order valence-corrected chi connectivity index (χ2v) is 7.62. The lowest BCUT2D eigenvalue weighted by atomic mass is 9.87. The van der Waals surface area contributed by atoms with E-state index in [0.29, 0.717) is 5.02 Å². The number of H-pyrrole nitrogens is 1. The smallest absolute Gasteiger partial charge is 0.328 e. The van der Waals surface area contributed by atoms with Crippen molar-refractivity contribution < 1.29 is 9.90 Å². The minimum atomic E-state index is -0.965. The van der Waals surface area contributed by atoms with Crippen LogP contribution < -0.4 is 0 Å². The molecule has 0 saturated carbocycles. The van der Waals surface area contributed by atoms with Crippen molar-refractivity contribution in [2.24, 2.45) is 0 Å². The minimum absolute atomic E-state index is 0.697. The molecule has 3 aromatic carbocycles. The molecule has 0 bridgehead atoms. The number of aromatic amines is 1. The molecule has 4 nitrogen and oxygen atoms in total. The summed E-state index contributed by atoms with van der Waals surface area (Å²) in [6, 6.07) is 22.1. The van der Waals surface area contributed by atoms with Gasteiger partial charge >= 0.3 is 5.97 Å². The van der Waals surface area contributed by atoms with Crippen molar-refractivity contribution in [3.8, 4) is 0 Å². The summed E-state index contributed by atoms with van der Waals surface area (Å²) < 4.78 is 0. The molecule has 31 heavy (non-hydrogen) atoms. The summed E-state index contributed by atoms with van der Waals surface area (Å²) in [5.41, 5.74) is 7.31. The van der Waals surface area contributed by atoms with Crippen molar-refractivity contribution in [3.63, 3.8) is 0 Å². The summed E-state index contributed by atoms with van der Waals surface area (Å²) in [6.45, 7) is 2.14. The monoisotopic (exact) mass is 428 g/mol. The summed E-state index contributed by atoms with van der Waals surface area (Å²) in [6.07, 6.45) is 5.37. The van der Waals surface area contributed by atoms with Crippen LogP contribution in [0.3, 0.4) is 0 Å². The van der Waals surface area contributed by atoms with Crippen molar-refractivity contribution in [2.75, 3.05) is 0 Å². The fourth-order valence-electron chi connectivity index (χ4n) is 3.74. The number of aliphatic carboxylic acids is 1.